The molecule has 2 N–H and O–H groups in total. The van der Waals surface area contributed by atoms with E-state index in [9.17, 15) is 4.79 Å². The number of rotatable bonds is 2. The summed E-state index contributed by atoms with van der Waals surface area (Å²) >= 11 is 4.74. The van der Waals surface area contributed by atoms with Crippen molar-refractivity contribution in [2.24, 2.45) is 5.73 Å². The summed E-state index contributed by atoms with van der Waals surface area (Å²) < 4.78 is 0. The van der Waals surface area contributed by atoms with Gasteiger partial charge in [0.2, 0.25) is 5.91 Å². The van der Waals surface area contributed by atoms with Crippen LogP contribution in [0, 0.1) is 0 Å². The maximum atomic E-state index is 11.7. The molecule has 80 valence electrons. The highest BCUT2D eigenvalue weighted by Gasteiger charge is 2.21. The first-order chi connectivity index (χ1) is 6.61. The molecule has 1 atom stereocenters. The molecule has 1 amide bonds. The largest absolute Gasteiger partial charge is 0.393 e. The van der Waals surface area contributed by atoms with E-state index < -0.39 is 0 Å². The fourth-order valence-corrected chi connectivity index (χ4v) is 2.02. The number of likely N-dealkylation sites (tertiary alicyclic amines) is 1. The summed E-state index contributed by atoms with van der Waals surface area (Å²) in [5, 5.41) is 0. The number of nitrogens with zero attached hydrogens (tertiary/aromatic N) is 1. The summed E-state index contributed by atoms with van der Waals surface area (Å²) in [5.74, 6) is 0.0897. The molecule has 1 unspecified atom stereocenters. The van der Waals surface area contributed by atoms with Gasteiger partial charge in [0.1, 0.15) is 0 Å². The van der Waals surface area contributed by atoms with E-state index in [4.69, 9.17) is 18.0 Å². The molecule has 1 rings (SSSR count). The Bertz CT molecular complexity index is 230. The van der Waals surface area contributed by atoms with Crippen LogP contribution in [0.4, 0.5) is 0 Å². The molecule has 1 fully saturated rings. The molecular formula is C10H18N2OS. The summed E-state index contributed by atoms with van der Waals surface area (Å²) in [6, 6.07) is 0.347. The van der Waals surface area contributed by atoms with Crippen LogP contribution in [0.15, 0.2) is 0 Å². The van der Waals surface area contributed by atoms with Crippen LogP contribution in [0.1, 0.15) is 39.0 Å². The van der Waals surface area contributed by atoms with Crippen molar-refractivity contribution in [3.8, 4) is 0 Å². The Balaban J connectivity index is 2.54. The van der Waals surface area contributed by atoms with Gasteiger partial charge in [0, 0.05) is 12.6 Å². The third-order valence-electron chi connectivity index (χ3n) is 2.70. The van der Waals surface area contributed by atoms with Gasteiger partial charge in [-0.3, -0.25) is 4.79 Å². The van der Waals surface area contributed by atoms with Gasteiger partial charge in [-0.15, -0.1) is 0 Å². The minimum atomic E-state index is 0.0897. The van der Waals surface area contributed by atoms with E-state index in [0.717, 1.165) is 19.4 Å². The highest BCUT2D eigenvalue weighted by Crippen LogP contribution is 2.16. The molecule has 1 heterocycles. The Morgan fingerprint density at radius 1 is 1.50 bits per heavy atom. The van der Waals surface area contributed by atoms with Crippen LogP contribution in [0.3, 0.4) is 0 Å². The summed E-state index contributed by atoms with van der Waals surface area (Å²) in [5.41, 5.74) is 5.37. The number of nitrogens with two attached hydrogens (primary N) is 1. The summed E-state index contributed by atoms with van der Waals surface area (Å²) in [6.45, 7) is 2.96. The second kappa shape index (κ2) is 5.29. The predicted octanol–water partition coefficient (Wildman–Crippen LogP) is 1.45. The molecule has 0 bridgehead atoms. The van der Waals surface area contributed by atoms with Crippen LogP contribution < -0.4 is 5.73 Å². The Morgan fingerprint density at radius 3 is 2.86 bits per heavy atom. The molecule has 14 heavy (non-hydrogen) atoms. The minimum absolute atomic E-state index is 0.0897. The fourth-order valence-electron chi connectivity index (χ4n) is 1.90. The molecule has 0 aromatic carbocycles. The molecule has 0 aliphatic carbocycles. The van der Waals surface area contributed by atoms with Crippen LogP contribution in [0.25, 0.3) is 0 Å². The van der Waals surface area contributed by atoms with Crippen molar-refractivity contribution in [1.29, 1.82) is 0 Å². The molecule has 0 saturated carbocycles. The highest BCUT2D eigenvalue weighted by molar-refractivity contribution is 7.80. The molecule has 0 aromatic heterocycles. The van der Waals surface area contributed by atoms with Crippen molar-refractivity contribution >= 4 is 23.1 Å². The molecule has 1 aliphatic heterocycles. The standard InChI is InChI=1S/C10H18N2OS/c1-8-5-3-2-4-6-12(8)10(13)7-9(11)14/h8H,2-7H2,1H3,(H2,11,14). The highest BCUT2D eigenvalue weighted by atomic mass is 32.1. The zero-order valence-electron chi connectivity index (χ0n) is 8.66. The molecular weight excluding hydrogens is 196 g/mol. The quantitative estimate of drug-likeness (QED) is 0.708. The van der Waals surface area contributed by atoms with Crippen molar-refractivity contribution in [2.45, 2.75) is 45.1 Å². The maximum absolute atomic E-state index is 11.7. The van der Waals surface area contributed by atoms with E-state index in [1.807, 2.05) is 4.90 Å². The van der Waals surface area contributed by atoms with Gasteiger partial charge in [-0.05, 0) is 19.8 Å². The fraction of sp³-hybridized carbons (Fsp3) is 0.800. The number of carbonyl (C=O) groups is 1. The normalized spacial score (nSPS) is 22.9. The topological polar surface area (TPSA) is 46.3 Å². The second-order valence-electron chi connectivity index (χ2n) is 3.93. The first kappa shape index (κ1) is 11.4. The van der Waals surface area contributed by atoms with E-state index >= 15 is 0 Å². The van der Waals surface area contributed by atoms with E-state index in [2.05, 4.69) is 6.92 Å². The van der Waals surface area contributed by atoms with Crippen LogP contribution in [-0.2, 0) is 4.79 Å². The Labute approximate surface area is 90.6 Å². The van der Waals surface area contributed by atoms with Crippen molar-refractivity contribution in [2.75, 3.05) is 6.54 Å². The van der Waals surface area contributed by atoms with Gasteiger partial charge in [0.25, 0.3) is 0 Å². The van der Waals surface area contributed by atoms with Gasteiger partial charge in [-0.2, -0.15) is 0 Å². The lowest BCUT2D eigenvalue weighted by molar-refractivity contribution is -0.131. The van der Waals surface area contributed by atoms with Crippen LogP contribution in [0.2, 0.25) is 0 Å². The van der Waals surface area contributed by atoms with E-state index in [1.165, 1.54) is 12.8 Å². The lowest BCUT2D eigenvalue weighted by Crippen LogP contribution is -2.39. The third-order valence-corrected chi connectivity index (χ3v) is 2.84. The number of amides is 1. The molecule has 1 aliphatic rings. The zero-order chi connectivity index (χ0) is 10.6. The summed E-state index contributed by atoms with van der Waals surface area (Å²) in [4.78, 5) is 14.0. The van der Waals surface area contributed by atoms with Crippen molar-refractivity contribution in [3.05, 3.63) is 0 Å². The van der Waals surface area contributed by atoms with E-state index in [1.54, 1.807) is 0 Å². The third kappa shape index (κ3) is 3.25. The van der Waals surface area contributed by atoms with Crippen LogP contribution in [-0.4, -0.2) is 28.4 Å². The lowest BCUT2D eigenvalue weighted by atomic mass is 10.1. The molecule has 0 radical (unpaired) electrons. The number of carbonyl (C=O) groups excluding carboxylic acids is 1. The van der Waals surface area contributed by atoms with Crippen LogP contribution in [0.5, 0.6) is 0 Å². The first-order valence-corrected chi connectivity index (χ1v) is 5.60. The van der Waals surface area contributed by atoms with Gasteiger partial charge in [0.05, 0.1) is 11.4 Å². The molecule has 1 saturated heterocycles. The van der Waals surface area contributed by atoms with Gasteiger partial charge >= 0.3 is 0 Å². The molecule has 0 aromatic rings. The first-order valence-electron chi connectivity index (χ1n) is 5.19. The number of hydrogen-bond acceptors (Lipinski definition) is 2. The SMILES string of the molecule is CC1CCCCCN1C(=O)CC(N)=S. The van der Waals surface area contributed by atoms with Gasteiger partial charge < -0.3 is 10.6 Å². The van der Waals surface area contributed by atoms with Gasteiger partial charge in [0.15, 0.2) is 0 Å². The molecule has 3 nitrogen and oxygen atoms in total. The summed E-state index contributed by atoms with van der Waals surface area (Å²) in [7, 11) is 0. The molecule has 0 spiro atoms. The second-order valence-corrected chi connectivity index (χ2v) is 4.45. The monoisotopic (exact) mass is 214 g/mol. The average molecular weight is 214 g/mol. The Morgan fingerprint density at radius 2 is 2.21 bits per heavy atom. The van der Waals surface area contributed by atoms with E-state index in [-0.39, 0.29) is 12.3 Å². The van der Waals surface area contributed by atoms with Crippen molar-refractivity contribution < 1.29 is 4.79 Å². The van der Waals surface area contributed by atoms with E-state index in [0.29, 0.717) is 11.0 Å². The van der Waals surface area contributed by atoms with Crippen molar-refractivity contribution in [1.82, 2.24) is 4.90 Å². The smallest absolute Gasteiger partial charge is 0.229 e. The Hall–Kier alpha value is -0.640. The van der Waals surface area contributed by atoms with Crippen LogP contribution >= 0.6 is 12.2 Å². The Kier molecular flexibility index (Phi) is 4.32. The summed E-state index contributed by atoms with van der Waals surface area (Å²) in [6.07, 6.45) is 4.87. The van der Waals surface area contributed by atoms with Gasteiger partial charge in [-0.1, -0.05) is 25.1 Å². The van der Waals surface area contributed by atoms with Gasteiger partial charge in [-0.25, -0.2) is 0 Å². The lowest BCUT2D eigenvalue weighted by Gasteiger charge is -2.27. The number of hydrogen-bond donors (Lipinski definition) is 1. The predicted molar refractivity (Wildman–Crippen MR) is 61.0 cm³/mol. The molecule has 4 heteroatoms. The maximum Gasteiger partial charge on any atom is 0.229 e. The minimum Gasteiger partial charge on any atom is -0.393 e. The average Bonchev–Trinajstić information content (AvgIpc) is 2.28. The number of thiocarbonyl (C=S) groups is 1. The zero-order valence-corrected chi connectivity index (χ0v) is 9.48. The van der Waals surface area contributed by atoms with Crippen molar-refractivity contribution in [3.63, 3.8) is 0 Å².